The molecule has 7 nitrogen and oxygen atoms in total. The number of thioether (sulfide) groups is 1. The van der Waals surface area contributed by atoms with Gasteiger partial charge in [0.25, 0.3) is 5.56 Å². The van der Waals surface area contributed by atoms with Crippen molar-refractivity contribution in [2.45, 2.75) is 30.7 Å². The Hall–Kier alpha value is -3.39. The maximum Gasteiger partial charge on any atom is 0.267 e. The summed E-state index contributed by atoms with van der Waals surface area (Å²) in [6.07, 6.45) is 3.71. The number of imidazole rings is 1. The third-order valence-corrected chi connectivity index (χ3v) is 6.37. The smallest absolute Gasteiger partial charge is 0.267 e. The van der Waals surface area contributed by atoms with E-state index in [4.69, 9.17) is 0 Å². The lowest BCUT2D eigenvalue weighted by Crippen LogP contribution is -2.23. The van der Waals surface area contributed by atoms with Crippen molar-refractivity contribution >= 4 is 28.4 Å². The molecule has 0 saturated heterocycles. The third-order valence-electron chi connectivity index (χ3n) is 5.45. The van der Waals surface area contributed by atoms with E-state index in [1.807, 2.05) is 64.7 Å². The van der Waals surface area contributed by atoms with E-state index in [-0.39, 0.29) is 11.5 Å². The lowest BCUT2D eigenvalue weighted by molar-refractivity contribution is 0.837. The fraction of sp³-hybridized carbons (Fsp3) is 0.217. The first-order valence-electron chi connectivity index (χ1n) is 10.1. The van der Waals surface area contributed by atoms with Crippen molar-refractivity contribution in [2.75, 3.05) is 0 Å². The number of nitrogens with zero attached hydrogens (tertiary/aromatic N) is 6. The molecule has 8 heteroatoms. The molecule has 0 bridgehead atoms. The van der Waals surface area contributed by atoms with Gasteiger partial charge in [0.2, 0.25) is 5.78 Å². The van der Waals surface area contributed by atoms with Crippen LogP contribution in [0.5, 0.6) is 0 Å². The molecule has 0 aliphatic heterocycles. The number of hydrogen-bond donors (Lipinski definition) is 0. The van der Waals surface area contributed by atoms with Crippen molar-refractivity contribution in [3.8, 4) is 5.69 Å². The summed E-state index contributed by atoms with van der Waals surface area (Å²) in [5, 5.41) is 10.3. The minimum Gasteiger partial charge on any atom is -0.337 e. The summed E-state index contributed by atoms with van der Waals surface area (Å²) in [6.45, 7) is 4.25. The molecule has 31 heavy (non-hydrogen) atoms. The largest absolute Gasteiger partial charge is 0.337 e. The van der Waals surface area contributed by atoms with Crippen molar-refractivity contribution in [3.63, 3.8) is 0 Å². The molecule has 0 aliphatic carbocycles. The van der Waals surface area contributed by atoms with Crippen molar-refractivity contribution < 1.29 is 0 Å². The predicted octanol–water partition coefficient (Wildman–Crippen LogP) is 4.18. The van der Waals surface area contributed by atoms with Gasteiger partial charge in [0.15, 0.2) is 5.16 Å². The quantitative estimate of drug-likeness (QED) is 0.391. The van der Waals surface area contributed by atoms with Gasteiger partial charge in [0, 0.05) is 19.4 Å². The zero-order chi connectivity index (χ0) is 21.5. The Bertz CT molecular complexity index is 1460. The van der Waals surface area contributed by atoms with Crippen molar-refractivity contribution in [3.05, 3.63) is 82.7 Å². The highest BCUT2D eigenvalue weighted by Crippen LogP contribution is 2.28. The van der Waals surface area contributed by atoms with Gasteiger partial charge in [0.1, 0.15) is 5.82 Å². The molecule has 5 rings (SSSR count). The van der Waals surface area contributed by atoms with Crippen LogP contribution >= 0.6 is 11.8 Å². The normalized spacial score (nSPS) is 11.7. The van der Waals surface area contributed by atoms with Crippen molar-refractivity contribution in [1.29, 1.82) is 0 Å². The van der Waals surface area contributed by atoms with Gasteiger partial charge in [-0.25, -0.2) is 9.55 Å². The summed E-state index contributed by atoms with van der Waals surface area (Å²) in [5.74, 6) is 2.37. The van der Waals surface area contributed by atoms with Gasteiger partial charge in [-0.3, -0.25) is 9.20 Å². The predicted molar refractivity (Wildman–Crippen MR) is 123 cm³/mol. The van der Waals surface area contributed by atoms with Crippen LogP contribution in [0.25, 0.3) is 22.4 Å². The minimum absolute atomic E-state index is 0.0933. The standard InChI is InChI=1S/C23H22N6OS/c1-15(2)16-8-4-6-10-18(16)28-21(30)17-9-5-7-11-19(17)29-22(28)25-26-23(29)31-14-20-24-12-13-27(20)3/h4-13,15H,14H2,1-3H3. The summed E-state index contributed by atoms with van der Waals surface area (Å²) in [7, 11) is 1.97. The fourth-order valence-electron chi connectivity index (χ4n) is 3.83. The summed E-state index contributed by atoms with van der Waals surface area (Å²) >= 11 is 1.55. The third kappa shape index (κ3) is 3.23. The average molecular weight is 431 g/mol. The number of hydrogen-bond acceptors (Lipinski definition) is 5. The van der Waals surface area contributed by atoms with E-state index in [0.29, 0.717) is 16.9 Å². The van der Waals surface area contributed by atoms with E-state index in [1.165, 1.54) is 0 Å². The molecule has 3 aromatic heterocycles. The van der Waals surface area contributed by atoms with Crippen LogP contribution in [-0.2, 0) is 12.8 Å². The second-order valence-electron chi connectivity index (χ2n) is 7.73. The van der Waals surface area contributed by atoms with Gasteiger partial charge in [-0.2, -0.15) is 0 Å². The number of rotatable bonds is 5. The first kappa shape index (κ1) is 19.6. The number of aryl methyl sites for hydroxylation is 1. The lowest BCUT2D eigenvalue weighted by Gasteiger charge is -2.16. The molecule has 3 heterocycles. The molecule has 0 fully saturated rings. The zero-order valence-electron chi connectivity index (χ0n) is 17.6. The van der Waals surface area contributed by atoms with Gasteiger partial charge in [-0.15, -0.1) is 10.2 Å². The topological polar surface area (TPSA) is 70.0 Å². The first-order chi connectivity index (χ1) is 15.1. The molecule has 0 unspecified atom stereocenters. The van der Waals surface area contributed by atoms with Gasteiger partial charge in [-0.05, 0) is 29.7 Å². The molecular weight excluding hydrogens is 408 g/mol. The SMILES string of the molecule is CC(C)c1ccccc1-n1c(=O)c2ccccc2n2c(SCc3nccn3C)nnc12. The molecule has 5 aromatic rings. The number of aromatic nitrogens is 6. The van der Waals surface area contributed by atoms with Crippen molar-refractivity contribution in [1.82, 2.24) is 28.7 Å². The first-order valence-corrected chi connectivity index (χ1v) is 11.1. The monoisotopic (exact) mass is 430 g/mol. The van der Waals surface area contributed by atoms with E-state index in [2.05, 4.69) is 35.1 Å². The Labute approximate surface area is 183 Å². The highest BCUT2D eigenvalue weighted by Gasteiger charge is 2.20. The number of benzene rings is 2. The zero-order valence-corrected chi connectivity index (χ0v) is 18.4. The molecule has 0 aliphatic rings. The van der Waals surface area contributed by atoms with Crippen LogP contribution < -0.4 is 5.56 Å². The van der Waals surface area contributed by atoms with E-state index >= 15 is 0 Å². The Morgan fingerprint density at radius 1 is 1.03 bits per heavy atom. The summed E-state index contributed by atoms with van der Waals surface area (Å²) in [4.78, 5) is 18.0. The van der Waals surface area contributed by atoms with Gasteiger partial charge >= 0.3 is 0 Å². The molecule has 0 saturated carbocycles. The van der Waals surface area contributed by atoms with Crippen LogP contribution in [0.3, 0.4) is 0 Å². The maximum absolute atomic E-state index is 13.6. The van der Waals surface area contributed by atoms with Gasteiger partial charge < -0.3 is 4.57 Å². The Balaban J connectivity index is 1.77. The van der Waals surface area contributed by atoms with Gasteiger partial charge in [0.05, 0.1) is 22.3 Å². The molecule has 0 spiro atoms. The summed E-state index contributed by atoms with van der Waals surface area (Å²) < 4.78 is 5.65. The molecule has 0 amide bonds. The van der Waals surface area contributed by atoms with E-state index in [0.717, 1.165) is 27.7 Å². The second-order valence-corrected chi connectivity index (χ2v) is 8.67. The second kappa shape index (κ2) is 7.70. The van der Waals surface area contributed by atoms with E-state index in [1.54, 1.807) is 22.5 Å². The van der Waals surface area contributed by atoms with Crippen LogP contribution in [0.1, 0.15) is 31.2 Å². The highest BCUT2D eigenvalue weighted by molar-refractivity contribution is 7.98. The number of fused-ring (bicyclic) bond motifs is 3. The molecule has 2 aromatic carbocycles. The summed E-state index contributed by atoms with van der Waals surface area (Å²) in [6, 6.07) is 15.6. The van der Waals surface area contributed by atoms with Crippen molar-refractivity contribution in [2.24, 2.45) is 7.05 Å². The van der Waals surface area contributed by atoms with Gasteiger partial charge in [-0.1, -0.05) is 55.9 Å². The fourth-order valence-corrected chi connectivity index (χ4v) is 4.78. The minimum atomic E-state index is -0.0933. The highest BCUT2D eigenvalue weighted by atomic mass is 32.2. The molecule has 156 valence electrons. The molecule has 0 atom stereocenters. The molecule has 0 radical (unpaired) electrons. The van der Waals surface area contributed by atoms with Crippen LogP contribution in [0, 0.1) is 0 Å². The van der Waals surface area contributed by atoms with Crippen LogP contribution in [0.4, 0.5) is 0 Å². The molecular formula is C23H22N6OS. The van der Waals surface area contributed by atoms with E-state index in [9.17, 15) is 4.79 Å². The Morgan fingerprint density at radius 2 is 1.81 bits per heavy atom. The van der Waals surface area contributed by atoms with Crippen LogP contribution in [0.2, 0.25) is 0 Å². The van der Waals surface area contributed by atoms with Crippen LogP contribution in [-0.4, -0.2) is 28.7 Å². The lowest BCUT2D eigenvalue weighted by atomic mass is 10.0. The number of para-hydroxylation sites is 2. The maximum atomic E-state index is 13.6. The Morgan fingerprint density at radius 3 is 2.58 bits per heavy atom. The Kier molecular flexibility index (Phi) is 4.86. The van der Waals surface area contributed by atoms with Crippen LogP contribution in [0.15, 0.2) is 70.9 Å². The van der Waals surface area contributed by atoms with E-state index < -0.39 is 0 Å². The average Bonchev–Trinajstić information content (AvgIpc) is 3.38. The molecule has 0 N–H and O–H groups in total. The summed E-state index contributed by atoms with van der Waals surface area (Å²) in [5.41, 5.74) is 2.63.